The first-order valence-corrected chi connectivity index (χ1v) is 10.8. The molecule has 1 radical (unpaired) electrons. The Morgan fingerprint density at radius 3 is 2.49 bits per heavy atom. The topological polar surface area (TPSA) is 101 Å². The molecule has 0 unspecified atom stereocenters. The molecule has 1 aliphatic heterocycles. The number of fused-ring (bicyclic) bond motifs is 2. The zero-order valence-electron chi connectivity index (χ0n) is 17.5. The summed E-state index contributed by atoms with van der Waals surface area (Å²) in [5.41, 5.74) is 0.0143. The Morgan fingerprint density at radius 2 is 1.83 bits per heavy atom. The molecule has 0 bridgehead atoms. The van der Waals surface area contributed by atoms with Gasteiger partial charge >= 0.3 is 6.18 Å². The SMILES string of the molecule is O=S(=O)(c1cc[c-]cc1)N1Cc2ccc(C(F)(F)F)nc2Nc2ccc(-c3n[c-]on3)cc21.[Re].[Rf]. The van der Waals surface area contributed by atoms with Gasteiger partial charge in [-0.1, -0.05) is 17.7 Å². The van der Waals surface area contributed by atoms with Crippen LogP contribution in [0.25, 0.3) is 11.4 Å². The van der Waals surface area contributed by atoms with Gasteiger partial charge in [-0.05, 0) is 23.1 Å². The molecule has 14 heteroatoms. The number of alkyl halides is 3. The zero-order chi connectivity index (χ0) is 23.2. The Morgan fingerprint density at radius 1 is 1.09 bits per heavy atom. The number of hydrogen-bond acceptors (Lipinski definition) is 7. The first-order chi connectivity index (χ1) is 15.7. The zero-order valence-corrected chi connectivity index (χ0v) is 27.5. The van der Waals surface area contributed by atoms with Crippen molar-refractivity contribution in [1.82, 2.24) is 15.1 Å². The number of rotatable bonds is 3. The van der Waals surface area contributed by atoms with Crippen molar-refractivity contribution in [3.05, 3.63) is 78.3 Å². The van der Waals surface area contributed by atoms with E-state index in [1.54, 1.807) is 6.07 Å². The summed E-state index contributed by atoms with van der Waals surface area (Å²) in [6.45, 7) is -0.261. The number of aromatic nitrogens is 3. The number of pyridine rings is 1. The van der Waals surface area contributed by atoms with Gasteiger partial charge in [0.05, 0.1) is 24.3 Å². The first kappa shape index (κ1) is 25.4. The second-order valence-corrected chi connectivity index (χ2v) is 8.88. The molecule has 3 heterocycles. The summed E-state index contributed by atoms with van der Waals surface area (Å²) in [5, 5.41) is 6.56. The minimum Gasteiger partial charge on any atom is -0.458 e. The minimum atomic E-state index is -4.66. The van der Waals surface area contributed by atoms with Crippen LogP contribution in [0.5, 0.6) is 0 Å². The maximum Gasteiger partial charge on any atom is 0.433 e. The molecule has 5 rings (SSSR count). The number of anilines is 3. The van der Waals surface area contributed by atoms with Crippen molar-refractivity contribution in [2.45, 2.75) is 17.6 Å². The summed E-state index contributed by atoms with van der Waals surface area (Å²) in [5.74, 6) is 0.0783. The summed E-state index contributed by atoms with van der Waals surface area (Å²) in [4.78, 5) is 7.54. The van der Waals surface area contributed by atoms with Crippen molar-refractivity contribution in [1.29, 1.82) is 0 Å². The van der Waals surface area contributed by atoms with Gasteiger partial charge in [-0.25, -0.2) is 13.4 Å². The molecule has 0 saturated heterocycles. The molecule has 8 nitrogen and oxygen atoms in total. The van der Waals surface area contributed by atoms with Crippen LogP contribution in [0.2, 0.25) is 0 Å². The molecule has 0 fully saturated rings. The molecule has 0 spiro atoms. The second kappa shape index (κ2) is 9.17. The van der Waals surface area contributed by atoms with Gasteiger partial charge in [-0.3, -0.25) is 4.31 Å². The molecule has 0 saturated carbocycles. The van der Waals surface area contributed by atoms with Crippen LogP contribution in [0, 0.1) is 12.5 Å². The van der Waals surface area contributed by atoms with Crippen molar-refractivity contribution >= 4 is 27.2 Å². The van der Waals surface area contributed by atoms with Gasteiger partial charge in [-0.15, -0.1) is 0 Å². The van der Waals surface area contributed by atoms with E-state index < -0.39 is 21.9 Å². The molecule has 0 amide bonds. The minimum absolute atomic E-state index is 0. The molecule has 0 atom stereocenters. The number of nitrogens with zero attached hydrogens (tertiary/aromatic N) is 4. The molecular weight excluding hydrogens is 913 g/mol. The van der Waals surface area contributed by atoms with Gasteiger partial charge in [0, 0.05) is 31.8 Å². The van der Waals surface area contributed by atoms with Crippen LogP contribution in [0.1, 0.15) is 11.3 Å². The summed E-state index contributed by atoms with van der Waals surface area (Å²) < 4.78 is 72.6. The van der Waals surface area contributed by atoms with Crippen molar-refractivity contribution < 1.29 is 46.5 Å². The van der Waals surface area contributed by atoms with Crippen LogP contribution in [0.4, 0.5) is 30.4 Å². The summed E-state index contributed by atoms with van der Waals surface area (Å²) in [6, 6.07) is 15.1. The molecule has 1 aliphatic rings. The van der Waals surface area contributed by atoms with Gasteiger partial charge in [0.15, 0.2) is 0 Å². The summed E-state index contributed by atoms with van der Waals surface area (Å²) in [6.07, 6.45) is -2.44. The number of benzene rings is 2. The molecule has 177 valence electrons. The van der Waals surface area contributed by atoms with Crippen molar-refractivity contribution in [2.75, 3.05) is 9.62 Å². The quantitative estimate of drug-likeness (QED) is 0.308. The maximum atomic E-state index is 13.6. The Bertz CT molecular complexity index is 1440. The molecule has 4 aromatic rings. The van der Waals surface area contributed by atoms with Gasteiger partial charge in [0.25, 0.3) is 0 Å². The first-order valence-electron chi connectivity index (χ1n) is 9.41. The fourth-order valence-electron chi connectivity index (χ4n) is 3.38. The van der Waals surface area contributed by atoms with Gasteiger partial charge in [-0.2, -0.15) is 48.7 Å². The van der Waals surface area contributed by atoms with Gasteiger partial charge in [0.2, 0.25) is 10.0 Å². The van der Waals surface area contributed by atoms with Gasteiger partial charge < -0.3 is 14.8 Å². The molecule has 0 aliphatic carbocycles. The monoisotopic (exact) mass is 925 g/mol. The van der Waals surface area contributed by atoms with E-state index in [0.29, 0.717) is 5.56 Å². The second-order valence-electron chi connectivity index (χ2n) is 7.02. The normalized spacial score (nSPS) is 12.8. The average molecular weight is 925 g/mol. The van der Waals surface area contributed by atoms with Crippen LogP contribution in [0.3, 0.4) is 0 Å². The molecule has 35 heavy (non-hydrogen) atoms. The van der Waals surface area contributed by atoms with E-state index in [1.807, 2.05) is 0 Å². The molecule has 1 N–H and O–H groups in total. The van der Waals surface area contributed by atoms with Crippen LogP contribution in [-0.2, 0) is 43.2 Å². The molecular formula is C21H12F3N5O3ReRfS-2. The van der Waals surface area contributed by atoms with Crippen LogP contribution in [0.15, 0.2) is 64.0 Å². The predicted molar refractivity (Wildman–Crippen MR) is 110 cm³/mol. The number of halogens is 3. The van der Waals surface area contributed by atoms with Crippen LogP contribution >= 0.6 is 0 Å². The fourth-order valence-corrected chi connectivity index (χ4v) is 4.84. The van der Waals surface area contributed by atoms with E-state index in [-0.39, 0.29) is 60.4 Å². The van der Waals surface area contributed by atoms with Crippen molar-refractivity contribution in [2.24, 2.45) is 0 Å². The Kier molecular flexibility index (Phi) is 6.64. The van der Waals surface area contributed by atoms with Crippen molar-refractivity contribution in [3.8, 4) is 11.4 Å². The molecule has 2 aromatic carbocycles. The van der Waals surface area contributed by atoms with Gasteiger partial charge in [0.1, 0.15) is 11.5 Å². The van der Waals surface area contributed by atoms with E-state index in [4.69, 9.17) is 0 Å². The Hall–Kier alpha value is -4.27. The Labute approximate surface area is 205 Å². The third-order valence-corrected chi connectivity index (χ3v) is 6.73. The third kappa shape index (κ3) is 4.57. The standard InChI is InChI=1S/C21H12F3N5O3S.Re.Rf/c22-21(23,24)18-9-7-14-11-29(33(30,31)15-4-2-1-3-5-15)17-10-13(19-25-12-32-28-19)6-8-16(17)26-20(14)27-18;;/h2-10H,11H2,(H,26,27);;/q-2;;. The Balaban J connectivity index is 0.00000171. The summed E-state index contributed by atoms with van der Waals surface area (Å²) in [7, 11) is -4.11. The van der Waals surface area contributed by atoms with Crippen LogP contribution in [-0.4, -0.2) is 23.5 Å². The number of hydrogen-bond donors (Lipinski definition) is 1. The van der Waals surface area contributed by atoms with E-state index in [9.17, 15) is 21.6 Å². The largest absolute Gasteiger partial charge is 0.458 e. The number of sulfonamides is 1. The predicted octanol–water partition coefficient (Wildman–Crippen LogP) is 4.20. The summed E-state index contributed by atoms with van der Waals surface area (Å²) >= 11 is 0. The maximum absolute atomic E-state index is 13.6. The fraction of sp³-hybridized carbons (Fsp3) is 0.0952. The van der Waals surface area contributed by atoms with E-state index in [0.717, 1.165) is 10.4 Å². The van der Waals surface area contributed by atoms with E-state index in [2.05, 4.69) is 37.4 Å². The third-order valence-electron chi connectivity index (χ3n) is 4.96. The van der Waals surface area contributed by atoms with Crippen LogP contribution < -0.4 is 9.62 Å². The smallest absolute Gasteiger partial charge is 0.433 e. The van der Waals surface area contributed by atoms with E-state index in [1.165, 1.54) is 42.5 Å². The van der Waals surface area contributed by atoms with E-state index >= 15 is 0 Å². The molecule has 2 aromatic heterocycles. The number of nitrogens with one attached hydrogen (secondary N) is 1. The van der Waals surface area contributed by atoms with Crippen molar-refractivity contribution in [3.63, 3.8) is 0 Å². The average Bonchev–Trinajstić information content (AvgIpc) is 3.27.